The van der Waals surface area contributed by atoms with Gasteiger partial charge >= 0.3 is 0 Å². The number of hydrogen-bond acceptors (Lipinski definition) is 4. The van der Waals surface area contributed by atoms with Crippen molar-refractivity contribution >= 4 is 54.2 Å². The van der Waals surface area contributed by atoms with E-state index in [4.69, 9.17) is 9.97 Å². The smallest absolute Gasteiger partial charge is 0.160 e. The highest BCUT2D eigenvalue weighted by atomic mass is 32.1. The Bertz CT molecular complexity index is 2740. The summed E-state index contributed by atoms with van der Waals surface area (Å²) in [5.41, 5.74) is 10.9. The monoisotopic (exact) mass is 669 g/mol. The largest absolute Gasteiger partial charge is 0.380 e. The van der Waals surface area contributed by atoms with Gasteiger partial charge in [-0.2, -0.15) is 0 Å². The van der Waals surface area contributed by atoms with Gasteiger partial charge in [0.1, 0.15) is 0 Å². The van der Waals surface area contributed by atoms with Gasteiger partial charge in [0.15, 0.2) is 5.82 Å². The van der Waals surface area contributed by atoms with E-state index in [1.165, 1.54) is 58.9 Å². The Labute approximate surface area is 300 Å². The fraction of sp³-hybridized carbons (Fsp3) is 0.0213. The SMILES string of the molecule is C1=C(c2ccc(-c3cc4ccccc4c4ccccc34)c(-c3cc(-c4ccccc4)nc(-c4ccccc4)n3)c2)c2sc3ccccc3c2NC1. The van der Waals surface area contributed by atoms with Gasteiger partial charge in [0, 0.05) is 33.3 Å². The second-order valence-corrected chi connectivity index (χ2v) is 14.0. The summed E-state index contributed by atoms with van der Waals surface area (Å²) >= 11 is 1.85. The number of anilines is 1. The molecule has 0 spiro atoms. The summed E-state index contributed by atoms with van der Waals surface area (Å²) in [7, 11) is 0. The number of fused-ring (bicyclic) bond motifs is 6. The van der Waals surface area contributed by atoms with Crippen LogP contribution in [0.25, 0.3) is 82.2 Å². The van der Waals surface area contributed by atoms with E-state index in [0.29, 0.717) is 5.82 Å². The van der Waals surface area contributed by atoms with Crippen LogP contribution in [-0.2, 0) is 0 Å². The van der Waals surface area contributed by atoms with Crippen molar-refractivity contribution in [2.75, 3.05) is 11.9 Å². The van der Waals surface area contributed by atoms with Gasteiger partial charge in [-0.05, 0) is 68.1 Å². The number of nitrogens with zero attached hydrogens (tertiary/aromatic N) is 2. The Hall–Kier alpha value is -6.36. The van der Waals surface area contributed by atoms with Crippen LogP contribution in [0.5, 0.6) is 0 Å². The molecule has 0 atom stereocenters. The first-order valence-electron chi connectivity index (χ1n) is 17.3. The second-order valence-electron chi connectivity index (χ2n) is 12.9. The predicted octanol–water partition coefficient (Wildman–Crippen LogP) is 12.5. The average Bonchev–Trinajstić information content (AvgIpc) is 3.60. The minimum atomic E-state index is 0.708. The van der Waals surface area contributed by atoms with Crippen LogP contribution >= 0.6 is 11.3 Å². The molecule has 3 heterocycles. The summed E-state index contributed by atoms with van der Waals surface area (Å²) in [5.74, 6) is 0.708. The summed E-state index contributed by atoms with van der Waals surface area (Å²) in [4.78, 5) is 11.8. The quantitative estimate of drug-likeness (QED) is 0.185. The Morgan fingerprint density at radius 3 is 1.96 bits per heavy atom. The first-order chi connectivity index (χ1) is 25.3. The third kappa shape index (κ3) is 5.11. The van der Waals surface area contributed by atoms with E-state index in [-0.39, 0.29) is 0 Å². The number of rotatable bonds is 5. The van der Waals surface area contributed by atoms with Crippen molar-refractivity contribution in [1.29, 1.82) is 0 Å². The molecule has 51 heavy (non-hydrogen) atoms. The molecule has 3 nitrogen and oxygen atoms in total. The van der Waals surface area contributed by atoms with E-state index in [2.05, 4.69) is 151 Å². The molecule has 4 heteroatoms. The summed E-state index contributed by atoms with van der Waals surface area (Å²) in [6.07, 6.45) is 2.33. The maximum Gasteiger partial charge on any atom is 0.160 e. The molecule has 0 unspecified atom stereocenters. The van der Waals surface area contributed by atoms with Crippen molar-refractivity contribution in [3.05, 3.63) is 180 Å². The van der Waals surface area contributed by atoms with E-state index in [9.17, 15) is 0 Å². The fourth-order valence-corrected chi connectivity index (χ4v) is 8.74. The molecular weight excluding hydrogens is 639 g/mol. The van der Waals surface area contributed by atoms with Gasteiger partial charge in [0.2, 0.25) is 0 Å². The lowest BCUT2D eigenvalue weighted by Gasteiger charge is -2.20. The second kappa shape index (κ2) is 12.2. The van der Waals surface area contributed by atoms with Gasteiger partial charge in [0.05, 0.1) is 22.0 Å². The minimum absolute atomic E-state index is 0.708. The lowest BCUT2D eigenvalue weighted by atomic mass is 9.87. The highest BCUT2D eigenvalue weighted by Gasteiger charge is 2.23. The lowest BCUT2D eigenvalue weighted by molar-refractivity contribution is 1.18. The molecule has 240 valence electrons. The van der Waals surface area contributed by atoms with Crippen LogP contribution in [0.1, 0.15) is 10.4 Å². The Morgan fingerprint density at radius 2 is 1.14 bits per heavy atom. The van der Waals surface area contributed by atoms with Crippen molar-refractivity contribution in [2.24, 2.45) is 0 Å². The molecule has 0 fully saturated rings. The van der Waals surface area contributed by atoms with Crippen LogP contribution in [0, 0.1) is 0 Å². The highest BCUT2D eigenvalue weighted by Crippen LogP contribution is 2.46. The standard InChI is InChI=1S/C47H31N3S/c1-3-13-30(14-4-1)42-29-43(50-47(49-42)31-15-5-2-6-16-31)41-28-33(35-25-26-48-45-39-21-11-12-22-44(39)51-46(35)45)23-24-38(41)40-27-32-17-7-8-18-34(32)36-19-9-10-20-37(36)40/h1-25,27-29,48H,26H2. The van der Waals surface area contributed by atoms with Crippen molar-refractivity contribution in [3.8, 4) is 45.0 Å². The van der Waals surface area contributed by atoms with Crippen LogP contribution in [0.3, 0.4) is 0 Å². The summed E-state index contributed by atoms with van der Waals surface area (Å²) in [6.45, 7) is 0.777. The first kappa shape index (κ1) is 29.5. The van der Waals surface area contributed by atoms with Gasteiger partial charge in [-0.1, -0.05) is 146 Å². The molecule has 9 aromatic rings. The van der Waals surface area contributed by atoms with Gasteiger partial charge in [-0.3, -0.25) is 0 Å². The van der Waals surface area contributed by atoms with E-state index in [0.717, 1.165) is 40.2 Å². The van der Waals surface area contributed by atoms with Gasteiger partial charge in [0.25, 0.3) is 0 Å². The number of aromatic nitrogens is 2. The molecular formula is C47H31N3S. The zero-order valence-corrected chi connectivity index (χ0v) is 28.5. The van der Waals surface area contributed by atoms with Gasteiger partial charge in [-0.15, -0.1) is 11.3 Å². The summed E-state index contributed by atoms with van der Waals surface area (Å²) in [6, 6.07) is 58.4. The van der Waals surface area contributed by atoms with Crippen molar-refractivity contribution in [2.45, 2.75) is 0 Å². The molecule has 0 saturated heterocycles. The number of benzene rings is 7. The maximum atomic E-state index is 5.35. The van der Waals surface area contributed by atoms with Crippen LogP contribution in [-0.4, -0.2) is 16.5 Å². The molecule has 0 saturated carbocycles. The molecule has 10 rings (SSSR count). The zero-order valence-electron chi connectivity index (χ0n) is 27.7. The molecule has 1 aliphatic heterocycles. The number of nitrogens with one attached hydrogen (secondary N) is 1. The Kier molecular flexibility index (Phi) is 7.07. The van der Waals surface area contributed by atoms with Crippen LogP contribution < -0.4 is 5.32 Å². The van der Waals surface area contributed by atoms with E-state index in [1.807, 2.05) is 35.6 Å². The van der Waals surface area contributed by atoms with Crippen LogP contribution in [0.2, 0.25) is 0 Å². The normalized spacial score (nSPS) is 12.5. The predicted molar refractivity (Wildman–Crippen MR) is 216 cm³/mol. The summed E-state index contributed by atoms with van der Waals surface area (Å²) < 4.78 is 1.29. The minimum Gasteiger partial charge on any atom is -0.380 e. The summed E-state index contributed by atoms with van der Waals surface area (Å²) in [5, 5.41) is 9.89. The van der Waals surface area contributed by atoms with Crippen LogP contribution in [0.4, 0.5) is 5.69 Å². The van der Waals surface area contributed by atoms with Gasteiger partial charge < -0.3 is 5.32 Å². The Morgan fingerprint density at radius 1 is 0.471 bits per heavy atom. The van der Waals surface area contributed by atoms with E-state index < -0.39 is 0 Å². The molecule has 2 aromatic heterocycles. The molecule has 0 bridgehead atoms. The number of hydrogen-bond donors (Lipinski definition) is 1. The van der Waals surface area contributed by atoms with Crippen molar-refractivity contribution < 1.29 is 0 Å². The number of thiophene rings is 1. The fourth-order valence-electron chi connectivity index (χ4n) is 7.50. The third-order valence-electron chi connectivity index (χ3n) is 9.92. The highest BCUT2D eigenvalue weighted by molar-refractivity contribution is 7.21. The molecule has 7 aromatic carbocycles. The molecule has 1 N–H and O–H groups in total. The molecule has 0 aliphatic carbocycles. The average molecular weight is 670 g/mol. The first-order valence-corrected chi connectivity index (χ1v) is 18.1. The topological polar surface area (TPSA) is 37.8 Å². The van der Waals surface area contributed by atoms with E-state index >= 15 is 0 Å². The lowest BCUT2D eigenvalue weighted by Crippen LogP contribution is -2.06. The molecule has 1 aliphatic rings. The zero-order chi connectivity index (χ0) is 33.7. The van der Waals surface area contributed by atoms with Crippen LogP contribution in [0.15, 0.2) is 170 Å². The Balaban J connectivity index is 1.26. The van der Waals surface area contributed by atoms with Crippen molar-refractivity contribution in [3.63, 3.8) is 0 Å². The molecule has 0 amide bonds. The maximum absolute atomic E-state index is 5.35. The van der Waals surface area contributed by atoms with Crippen molar-refractivity contribution in [1.82, 2.24) is 9.97 Å². The van der Waals surface area contributed by atoms with E-state index in [1.54, 1.807) is 0 Å². The third-order valence-corrected chi connectivity index (χ3v) is 11.1. The van der Waals surface area contributed by atoms with Gasteiger partial charge in [-0.25, -0.2) is 9.97 Å². The molecule has 0 radical (unpaired) electrons.